The van der Waals surface area contributed by atoms with E-state index in [9.17, 15) is 13.2 Å². The maximum atomic E-state index is 13.5. The largest absolute Gasteiger partial charge is 0.493 e. The summed E-state index contributed by atoms with van der Waals surface area (Å²) in [7, 11) is -2.02. The smallest absolute Gasteiger partial charge is 0.277 e. The minimum Gasteiger partial charge on any atom is -0.493 e. The van der Waals surface area contributed by atoms with Crippen molar-refractivity contribution in [3.05, 3.63) is 34.2 Å². The van der Waals surface area contributed by atoms with Crippen molar-refractivity contribution in [3.8, 4) is 17.1 Å². The van der Waals surface area contributed by atoms with Gasteiger partial charge in [-0.2, -0.15) is 9.40 Å². The molecule has 0 atom stereocenters. The zero-order chi connectivity index (χ0) is 28.3. The van der Waals surface area contributed by atoms with E-state index in [2.05, 4.69) is 15.0 Å². The van der Waals surface area contributed by atoms with Gasteiger partial charge in [0.05, 0.1) is 22.8 Å². The fraction of sp³-hybridized carbons (Fsp3) is 0.593. The van der Waals surface area contributed by atoms with Crippen LogP contribution in [0.4, 0.5) is 0 Å². The highest BCUT2D eigenvalue weighted by atomic mass is 32.2. The Hall–Kier alpha value is -2.80. The van der Waals surface area contributed by atoms with E-state index in [0.717, 1.165) is 31.6 Å². The highest BCUT2D eigenvalue weighted by Crippen LogP contribution is 2.34. The first-order valence-corrected chi connectivity index (χ1v) is 15.3. The Bertz CT molecular complexity index is 1460. The van der Waals surface area contributed by atoms with E-state index in [1.807, 2.05) is 27.7 Å². The summed E-state index contributed by atoms with van der Waals surface area (Å²) in [5.74, 6) is 1.19. The molecule has 2 fully saturated rings. The van der Waals surface area contributed by atoms with Crippen LogP contribution in [0.25, 0.3) is 22.4 Å². The van der Waals surface area contributed by atoms with Crippen LogP contribution in [0.2, 0.25) is 0 Å². The molecule has 2 N–H and O–H groups in total. The van der Waals surface area contributed by atoms with Gasteiger partial charge in [-0.1, -0.05) is 27.2 Å². The molecule has 3 aromatic rings. The average molecular weight is 561 g/mol. The van der Waals surface area contributed by atoms with Gasteiger partial charge in [-0.3, -0.25) is 14.4 Å². The number of aryl methyl sites for hydroxylation is 2. The molecule has 2 aliphatic heterocycles. The number of hydrogen-bond acceptors (Lipinski definition) is 8. The van der Waals surface area contributed by atoms with E-state index < -0.39 is 10.0 Å². The maximum absolute atomic E-state index is 13.5. The molecule has 11 nitrogen and oxygen atoms in total. The van der Waals surface area contributed by atoms with E-state index >= 15 is 0 Å². The molecule has 0 amide bonds. The van der Waals surface area contributed by atoms with Crippen LogP contribution in [-0.2, 0) is 23.5 Å². The fourth-order valence-corrected chi connectivity index (χ4v) is 6.72. The molecular formula is C27H40N6O5S. The third-order valence-electron chi connectivity index (χ3n) is 7.26. The molecule has 2 saturated heterocycles. The minimum absolute atomic E-state index is 0.133. The number of likely N-dealkylation sites (tertiary alicyclic amines) is 1. The molecule has 0 bridgehead atoms. The number of nitrogens with zero attached hydrogens (tertiary/aromatic N) is 5. The highest BCUT2D eigenvalue weighted by Gasteiger charge is 2.43. The topological polar surface area (TPSA) is 134 Å². The third-order valence-corrected chi connectivity index (χ3v) is 9.09. The molecule has 4 heterocycles. The Balaban J connectivity index is 0.00000172. The van der Waals surface area contributed by atoms with Gasteiger partial charge in [-0.25, -0.2) is 13.4 Å². The van der Waals surface area contributed by atoms with Crippen molar-refractivity contribution >= 4 is 21.1 Å². The van der Waals surface area contributed by atoms with Crippen LogP contribution in [0.15, 0.2) is 27.9 Å². The lowest BCUT2D eigenvalue weighted by atomic mass is 9.93. The Morgan fingerprint density at radius 1 is 1.15 bits per heavy atom. The number of fused-ring (bicyclic) bond motifs is 1. The van der Waals surface area contributed by atoms with Crippen LogP contribution in [0.5, 0.6) is 5.75 Å². The molecule has 1 aromatic carbocycles. The molecule has 214 valence electrons. The number of hydrogen-bond donors (Lipinski definition) is 2. The lowest BCUT2D eigenvalue weighted by Gasteiger charge is -2.51. The Labute approximate surface area is 229 Å². The predicted molar refractivity (Wildman–Crippen MR) is 150 cm³/mol. The van der Waals surface area contributed by atoms with E-state index in [1.54, 1.807) is 19.2 Å². The standard InChI is InChI=1S/C25H34N6O5S.C2H6/c1-4-6-20-22-23(29(3)28-20)25(33)27-24(26-22)19-11-18(7-8-21(19)36-5-2)37(34,35)31-14-17(15-31)30-12-16(13-30)9-10-32;1-2/h7-8,11,16-17,32H,4-6,9-10,12-15H2,1-3H3,(H,26,27,33);1-2H3. The van der Waals surface area contributed by atoms with Gasteiger partial charge < -0.3 is 14.8 Å². The first-order valence-electron chi connectivity index (χ1n) is 13.8. The SMILES string of the molecule is CC.CCCc1nn(C)c2c(=O)[nH]c(-c3cc(S(=O)(=O)N4CC(N5CC(CCO)C5)C4)ccc3OCC)nc12. The quantitative estimate of drug-likeness (QED) is 0.386. The molecule has 0 spiro atoms. The number of nitrogens with one attached hydrogen (secondary N) is 1. The summed E-state index contributed by atoms with van der Waals surface area (Å²) in [6.07, 6.45) is 2.32. The summed E-state index contributed by atoms with van der Waals surface area (Å²) in [5.41, 5.74) is 1.70. The van der Waals surface area contributed by atoms with E-state index in [-0.39, 0.29) is 28.9 Å². The van der Waals surface area contributed by atoms with Crippen molar-refractivity contribution in [2.45, 2.75) is 57.9 Å². The number of ether oxygens (including phenoxy) is 1. The molecular weight excluding hydrogens is 520 g/mol. The normalized spacial score (nSPS) is 17.0. The van der Waals surface area contributed by atoms with Crippen molar-refractivity contribution in [3.63, 3.8) is 0 Å². The van der Waals surface area contributed by atoms with Crippen LogP contribution in [0.1, 0.15) is 46.2 Å². The van der Waals surface area contributed by atoms with Crippen LogP contribution in [0.3, 0.4) is 0 Å². The van der Waals surface area contributed by atoms with Gasteiger partial charge in [-0.05, 0) is 43.9 Å². The van der Waals surface area contributed by atoms with Crippen molar-refractivity contribution in [1.82, 2.24) is 29.0 Å². The number of rotatable bonds is 10. The summed E-state index contributed by atoms with van der Waals surface area (Å²) in [5, 5.41) is 13.6. The van der Waals surface area contributed by atoms with Gasteiger partial charge in [-0.15, -0.1) is 0 Å². The molecule has 5 rings (SSSR count). The van der Waals surface area contributed by atoms with E-state index in [0.29, 0.717) is 54.4 Å². The molecule has 0 unspecified atom stereocenters. The summed E-state index contributed by atoms with van der Waals surface area (Å²) in [6.45, 7) is 11.1. The van der Waals surface area contributed by atoms with Gasteiger partial charge >= 0.3 is 0 Å². The van der Waals surface area contributed by atoms with Crippen LogP contribution in [-0.4, -0.2) is 87.9 Å². The second kappa shape index (κ2) is 12.2. The molecule has 12 heteroatoms. The second-order valence-corrected chi connectivity index (χ2v) is 11.8. The Kier molecular flexibility index (Phi) is 9.10. The number of aromatic amines is 1. The first kappa shape index (κ1) is 29.2. The molecule has 2 aliphatic rings. The van der Waals surface area contributed by atoms with Crippen LogP contribution in [0, 0.1) is 5.92 Å². The van der Waals surface area contributed by atoms with E-state index in [1.165, 1.54) is 15.1 Å². The second-order valence-electron chi connectivity index (χ2n) is 9.83. The van der Waals surface area contributed by atoms with Crippen molar-refractivity contribution in [1.29, 1.82) is 0 Å². The zero-order valence-corrected chi connectivity index (χ0v) is 24.3. The number of aromatic nitrogens is 4. The Morgan fingerprint density at radius 3 is 2.51 bits per heavy atom. The summed E-state index contributed by atoms with van der Waals surface area (Å²) < 4.78 is 35.7. The summed E-state index contributed by atoms with van der Waals surface area (Å²) in [6, 6.07) is 4.91. The van der Waals surface area contributed by atoms with Gasteiger partial charge in [0.25, 0.3) is 5.56 Å². The van der Waals surface area contributed by atoms with Crippen LogP contribution >= 0.6 is 0 Å². The number of benzene rings is 1. The third kappa shape index (κ3) is 5.60. The van der Waals surface area contributed by atoms with Gasteiger partial charge in [0.1, 0.15) is 17.1 Å². The molecule has 0 aliphatic carbocycles. The van der Waals surface area contributed by atoms with Gasteiger partial charge in [0.15, 0.2) is 5.52 Å². The minimum atomic E-state index is -3.73. The molecule has 39 heavy (non-hydrogen) atoms. The monoisotopic (exact) mass is 560 g/mol. The summed E-state index contributed by atoms with van der Waals surface area (Å²) in [4.78, 5) is 22.9. The predicted octanol–water partition coefficient (Wildman–Crippen LogP) is 2.39. The lowest BCUT2D eigenvalue weighted by Crippen LogP contribution is -2.66. The van der Waals surface area contributed by atoms with Crippen molar-refractivity contribution in [2.75, 3.05) is 39.4 Å². The van der Waals surface area contributed by atoms with Crippen molar-refractivity contribution in [2.24, 2.45) is 13.0 Å². The molecule has 2 aromatic heterocycles. The van der Waals surface area contributed by atoms with Gasteiger partial charge in [0.2, 0.25) is 10.0 Å². The number of H-pyrrole nitrogens is 1. The zero-order valence-electron chi connectivity index (χ0n) is 23.5. The molecule has 0 radical (unpaired) electrons. The number of sulfonamides is 1. The Morgan fingerprint density at radius 2 is 1.87 bits per heavy atom. The fourth-order valence-electron chi connectivity index (χ4n) is 5.18. The number of aliphatic hydroxyl groups excluding tert-OH is 1. The first-order chi connectivity index (χ1) is 18.8. The number of aliphatic hydroxyl groups is 1. The highest BCUT2D eigenvalue weighted by molar-refractivity contribution is 7.89. The lowest BCUT2D eigenvalue weighted by molar-refractivity contribution is -0.00849. The van der Waals surface area contributed by atoms with Gasteiger partial charge in [0, 0.05) is 45.9 Å². The van der Waals surface area contributed by atoms with Crippen LogP contribution < -0.4 is 10.3 Å². The van der Waals surface area contributed by atoms with Crippen molar-refractivity contribution < 1.29 is 18.3 Å². The van der Waals surface area contributed by atoms with E-state index in [4.69, 9.17) is 14.8 Å². The maximum Gasteiger partial charge on any atom is 0.277 e. The average Bonchev–Trinajstić information content (AvgIpc) is 3.18. The molecule has 0 saturated carbocycles. The summed E-state index contributed by atoms with van der Waals surface area (Å²) >= 11 is 0.